The minimum absolute atomic E-state index is 0.0377. The molecule has 0 aliphatic heterocycles. The number of rotatable bonds is 4. The molecule has 0 bridgehead atoms. The standard InChI is InChI=1S/C8H13N3O2S/c1-9-7(13)5-14-8-10-3-6(4-12)11(8)2/h3,12H,4-5H2,1-2H3,(H,9,13). The molecule has 0 radical (unpaired) electrons. The van der Waals surface area contributed by atoms with Crippen molar-refractivity contribution >= 4 is 17.7 Å². The number of nitrogens with one attached hydrogen (secondary N) is 1. The fraction of sp³-hybridized carbons (Fsp3) is 0.500. The van der Waals surface area contributed by atoms with Crippen LogP contribution < -0.4 is 5.32 Å². The van der Waals surface area contributed by atoms with E-state index in [1.807, 2.05) is 7.05 Å². The molecule has 0 spiro atoms. The number of aliphatic hydroxyl groups excluding tert-OH is 1. The third-order valence-electron chi connectivity index (χ3n) is 1.81. The Hall–Kier alpha value is -1.01. The van der Waals surface area contributed by atoms with E-state index in [1.165, 1.54) is 11.8 Å². The van der Waals surface area contributed by atoms with Crippen molar-refractivity contribution in [1.29, 1.82) is 0 Å². The van der Waals surface area contributed by atoms with Gasteiger partial charge in [0.2, 0.25) is 5.91 Å². The summed E-state index contributed by atoms with van der Waals surface area (Å²) < 4.78 is 1.77. The summed E-state index contributed by atoms with van der Waals surface area (Å²) in [5.74, 6) is 0.301. The van der Waals surface area contributed by atoms with Gasteiger partial charge in [-0.2, -0.15) is 0 Å². The van der Waals surface area contributed by atoms with Crippen LogP contribution in [0.5, 0.6) is 0 Å². The summed E-state index contributed by atoms with van der Waals surface area (Å²) in [6.45, 7) is -0.0377. The Labute approximate surface area is 86.5 Å². The predicted molar refractivity (Wildman–Crippen MR) is 53.9 cm³/mol. The highest BCUT2D eigenvalue weighted by Crippen LogP contribution is 2.16. The van der Waals surface area contributed by atoms with Crippen LogP contribution >= 0.6 is 11.8 Å². The Kier molecular flexibility index (Phi) is 3.97. The number of imidazole rings is 1. The zero-order valence-corrected chi connectivity index (χ0v) is 8.97. The van der Waals surface area contributed by atoms with Crippen LogP contribution in [0, 0.1) is 0 Å². The number of aliphatic hydroxyl groups is 1. The highest BCUT2D eigenvalue weighted by atomic mass is 32.2. The molecule has 6 heteroatoms. The quantitative estimate of drug-likeness (QED) is 0.680. The van der Waals surface area contributed by atoms with E-state index >= 15 is 0 Å². The summed E-state index contributed by atoms with van der Waals surface area (Å²) in [6.07, 6.45) is 1.60. The van der Waals surface area contributed by atoms with Crippen LogP contribution in [0.15, 0.2) is 11.4 Å². The number of carbonyl (C=O) groups excluding carboxylic acids is 1. The average molecular weight is 215 g/mol. The molecule has 0 unspecified atom stereocenters. The van der Waals surface area contributed by atoms with Crippen molar-refractivity contribution in [2.24, 2.45) is 7.05 Å². The number of thioether (sulfide) groups is 1. The first-order valence-corrected chi connectivity index (χ1v) is 5.12. The summed E-state index contributed by atoms with van der Waals surface area (Å²) in [4.78, 5) is 15.0. The zero-order chi connectivity index (χ0) is 10.6. The molecule has 0 saturated carbocycles. The van der Waals surface area contributed by atoms with Gasteiger partial charge in [0.1, 0.15) is 0 Å². The van der Waals surface area contributed by atoms with Crippen molar-refractivity contribution in [3.8, 4) is 0 Å². The maximum Gasteiger partial charge on any atom is 0.230 e. The van der Waals surface area contributed by atoms with Gasteiger partial charge < -0.3 is 15.0 Å². The minimum atomic E-state index is -0.0384. The van der Waals surface area contributed by atoms with E-state index in [9.17, 15) is 4.79 Å². The van der Waals surface area contributed by atoms with Gasteiger partial charge in [0.25, 0.3) is 0 Å². The molecule has 0 atom stereocenters. The van der Waals surface area contributed by atoms with Gasteiger partial charge >= 0.3 is 0 Å². The van der Waals surface area contributed by atoms with Crippen LogP contribution in [0.1, 0.15) is 5.69 Å². The van der Waals surface area contributed by atoms with Gasteiger partial charge in [-0.25, -0.2) is 4.98 Å². The Bertz CT molecular complexity index is 324. The first-order valence-electron chi connectivity index (χ1n) is 4.14. The number of hydrogen-bond donors (Lipinski definition) is 2. The van der Waals surface area contributed by atoms with E-state index in [0.717, 1.165) is 10.9 Å². The molecule has 78 valence electrons. The van der Waals surface area contributed by atoms with Gasteiger partial charge in [-0.1, -0.05) is 11.8 Å². The highest BCUT2D eigenvalue weighted by Gasteiger charge is 2.07. The van der Waals surface area contributed by atoms with Crippen molar-refractivity contribution in [2.75, 3.05) is 12.8 Å². The molecule has 0 aromatic carbocycles. The summed E-state index contributed by atoms with van der Waals surface area (Å²) >= 11 is 1.34. The number of carbonyl (C=O) groups is 1. The van der Waals surface area contributed by atoms with E-state index in [1.54, 1.807) is 17.8 Å². The first-order chi connectivity index (χ1) is 6.69. The van der Waals surface area contributed by atoms with Crippen molar-refractivity contribution in [1.82, 2.24) is 14.9 Å². The zero-order valence-electron chi connectivity index (χ0n) is 8.15. The van der Waals surface area contributed by atoms with E-state index in [0.29, 0.717) is 5.75 Å². The lowest BCUT2D eigenvalue weighted by atomic mass is 10.5. The topological polar surface area (TPSA) is 67.2 Å². The molecule has 2 N–H and O–H groups in total. The fourth-order valence-corrected chi connectivity index (χ4v) is 1.75. The SMILES string of the molecule is CNC(=O)CSc1ncc(CO)n1C. The van der Waals surface area contributed by atoms with Crippen LogP contribution in [-0.2, 0) is 18.4 Å². The Morgan fingerprint density at radius 3 is 3.00 bits per heavy atom. The molecule has 1 aromatic heterocycles. The smallest absolute Gasteiger partial charge is 0.230 e. The molecular weight excluding hydrogens is 202 g/mol. The monoisotopic (exact) mass is 215 g/mol. The van der Waals surface area contributed by atoms with Gasteiger partial charge in [0.05, 0.1) is 24.3 Å². The van der Waals surface area contributed by atoms with Gasteiger partial charge in [-0.05, 0) is 0 Å². The van der Waals surface area contributed by atoms with Gasteiger partial charge in [-0.3, -0.25) is 4.79 Å². The second-order valence-electron chi connectivity index (χ2n) is 2.71. The predicted octanol–water partition coefficient (Wildman–Crippen LogP) is -0.250. The lowest BCUT2D eigenvalue weighted by molar-refractivity contribution is -0.118. The second kappa shape index (κ2) is 5.02. The molecule has 0 aliphatic carbocycles. The van der Waals surface area contributed by atoms with E-state index in [2.05, 4.69) is 10.3 Å². The number of aromatic nitrogens is 2. The van der Waals surface area contributed by atoms with Gasteiger partial charge in [0, 0.05) is 14.1 Å². The van der Waals surface area contributed by atoms with Crippen molar-refractivity contribution in [3.63, 3.8) is 0 Å². The number of amides is 1. The van der Waals surface area contributed by atoms with Crippen molar-refractivity contribution in [2.45, 2.75) is 11.8 Å². The molecule has 0 saturated heterocycles. The maximum atomic E-state index is 11.0. The summed E-state index contributed by atoms with van der Waals surface area (Å²) in [5, 5.41) is 12.2. The van der Waals surface area contributed by atoms with E-state index in [-0.39, 0.29) is 12.5 Å². The van der Waals surface area contributed by atoms with Crippen LogP contribution in [0.2, 0.25) is 0 Å². The molecule has 1 heterocycles. The lowest BCUT2D eigenvalue weighted by Gasteiger charge is -2.02. The van der Waals surface area contributed by atoms with Crippen molar-refractivity contribution in [3.05, 3.63) is 11.9 Å². The minimum Gasteiger partial charge on any atom is -0.390 e. The first kappa shape index (κ1) is 11.1. The Morgan fingerprint density at radius 2 is 2.50 bits per heavy atom. The summed E-state index contributed by atoms with van der Waals surface area (Å²) in [6, 6.07) is 0. The van der Waals surface area contributed by atoms with E-state index in [4.69, 9.17) is 5.11 Å². The number of hydrogen-bond acceptors (Lipinski definition) is 4. The van der Waals surface area contributed by atoms with E-state index < -0.39 is 0 Å². The van der Waals surface area contributed by atoms with Crippen molar-refractivity contribution < 1.29 is 9.90 Å². The highest BCUT2D eigenvalue weighted by molar-refractivity contribution is 7.99. The molecule has 1 rings (SSSR count). The van der Waals surface area contributed by atoms with Crippen LogP contribution in [-0.4, -0.2) is 33.4 Å². The molecule has 14 heavy (non-hydrogen) atoms. The lowest BCUT2D eigenvalue weighted by Crippen LogP contribution is -2.20. The molecule has 1 aromatic rings. The van der Waals surface area contributed by atoms with Crippen LogP contribution in [0.3, 0.4) is 0 Å². The van der Waals surface area contributed by atoms with Crippen LogP contribution in [0.25, 0.3) is 0 Å². The van der Waals surface area contributed by atoms with Gasteiger partial charge in [0.15, 0.2) is 5.16 Å². The average Bonchev–Trinajstić information content (AvgIpc) is 2.56. The Morgan fingerprint density at radius 1 is 1.79 bits per heavy atom. The van der Waals surface area contributed by atoms with Gasteiger partial charge in [-0.15, -0.1) is 0 Å². The largest absolute Gasteiger partial charge is 0.390 e. The molecular formula is C8H13N3O2S. The van der Waals surface area contributed by atoms with Crippen LogP contribution in [0.4, 0.5) is 0 Å². The summed E-state index contributed by atoms with van der Waals surface area (Å²) in [5.41, 5.74) is 0.740. The third kappa shape index (κ3) is 2.49. The number of nitrogens with zero attached hydrogens (tertiary/aromatic N) is 2. The normalized spacial score (nSPS) is 10.2. The molecule has 1 amide bonds. The molecule has 5 nitrogen and oxygen atoms in total. The third-order valence-corrected chi connectivity index (χ3v) is 2.86. The fourth-order valence-electron chi connectivity index (χ4n) is 0.909. The summed E-state index contributed by atoms with van der Waals surface area (Å²) in [7, 11) is 3.41. The second-order valence-corrected chi connectivity index (χ2v) is 3.65. The maximum absolute atomic E-state index is 11.0. The molecule has 0 fully saturated rings. The Balaban J connectivity index is 2.59. The molecule has 0 aliphatic rings.